The number of nitrogens with zero attached hydrogens (tertiary/aromatic N) is 1. The minimum Gasteiger partial charge on any atom is -0.381 e. The molecule has 18 heavy (non-hydrogen) atoms. The molecule has 1 aromatic carbocycles. The van der Waals surface area contributed by atoms with E-state index in [4.69, 9.17) is 10.3 Å². The molecule has 7 heteroatoms. The highest BCUT2D eigenvalue weighted by Crippen LogP contribution is 2.30. The maximum Gasteiger partial charge on any atom is 0.176 e. The highest BCUT2D eigenvalue weighted by Gasteiger charge is 2.15. The number of nitrogen functional groups attached to an aromatic ring is 1. The van der Waals surface area contributed by atoms with Crippen LogP contribution in [0.4, 0.5) is 5.82 Å². The summed E-state index contributed by atoms with van der Waals surface area (Å²) in [7, 11) is -3.23. The van der Waals surface area contributed by atoms with Gasteiger partial charge in [0.1, 0.15) is 0 Å². The van der Waals surface area contributed by atoms with Crippen molar-refractivity contribution >= 4 is 27.4 Å². The summed E-state index contributed by atoms with van der Waals surface area (Å²) < 4.78 is 28.2. The van der Waals surface area contributed by atoms with Gasteiger partial charge in [0.25, 0.3) is 0 Å². The molecule has 0 saturated heterocycles. The Balaban J connectivity index is 2.55. The Hall–Kier alpha value is -1.47. The van der Waals surface area contributed by atoms with Crippen molar-refractivity contribution in [3.05, 3.63) is 24.3 Å². The van der Waals surface area contributed by atoms with Crippen molar-refractivity contribution in [2.45, 2.75) is 9.79 Å². The Morgan fingerprint density at radius 2 is 2.06 bits per heavy atom. The maximum absolute atomic E-state index is 11.6. The zero-order valence-corrected chi connectivity index (χ0v) is 11.5. The molecule has 0 aliphatic carbocycles. The van der Waals surface area contributed by atoms with Crippen LogP contribution in [-0.2, 0) is 9.84 Å². The van der Waals surface area contributed by atoms with Crippen molar-refractivity contribution in [2.24, 2.45) is 0 Å². The molecule has 0 aliphatic rings. The Morgan fingerprint density at radius 3 is 2.56 bits per heavy atom. The molecular weight excluding hydrogens is 272 g/mol. The molecular formula is C11H12N2O3S2. The molecule has 0 unspecified atom stereocenters. The van der Waals surface area contributed by atoms with Crippen LogP contribution in [0.5, 0.6) is 0 Å². The summed E-state index contributed by atoms with van der Waals surface area (Å²) in [4.78, 5) is 0.983. The average Bonchev–Trinajstić information content (AvgIpc) is 2.74. The normalized spacial score (nSPS) is 11.7. The summed E-state index contributed by atoms with van der Waals surface area (Å²) in [5.41, 5.74) is 6.23. The molecule has 0 radical (unpaired) electrons. The van der Waals surface area contributed by atoms with Gasteiger partial charge < -0.3 is 10.3 Å². The third-order valence-electron chi connectivity index (χ3n) is 2.38. The van der Waals surface area contributed by atoms with Crippen LogP contribution in [0.15, 0.2) is 38.6 Å². The van der Waals surface area contributed by atoms with E-state index in [1.54, 1.807) is 24.3 Å². The first kappa shape index (κ1) is 13.0. The van der Waals surface area contributed by atoms with E-state index in [9.17, 15) is 8.42 Å². The summed E-state index contributed by atoms with van der Waals surface area (Å²) in [6.45, 7) is 0. The number of benzene rings is 1. The summed E-state index contributed by atoms with van der Waals surface area (Å²) >= 11 is 1.37. The molecule has 0 fully saturated rings. The maximum atomic E-state index is 11.6. The molecule has 0 bridgehead atoms. The van der Waals surface area contributed by atoms with Crippen LogP contribution in [0, 0.1) is 0 Å². The lowest BCUT2D eigenvalue weighted by Gasteiger charge is -2.06. The lowest BCUT2D eigenvalue weighted by Crippen LogP contribution is -1.99. The number of sulfone groups is 1. The highest BCUT2D eigenvalue weighted by molar-refractivity contribution is 7.99. The van der Waals surface area contributed by atoms with Crippen molar-refractivity contribution in [3.8, 4) is 11.3 Å². The number of rotatable bonds is 3. The predicted molar refractivity (Wildman–Crippen MR) is 71.2 cm³/mol. The second-order valence-electron chi connectivity index (χ2n) is 3.75. The molecule has 0 amide bonds. The van der Waals surface area contributed by atoms with Gasteiger partial charge in [-0.2, -0.15) is 0 Å². The van der Waals surface area contributed by atoms with Gasteiger partial charge in [0.2, 0.25) is 0 Å². The van der Waals surface area contributed by atoms with Crippen molar-refractivity contribution < 1.29 is 12.9 Å². The molecule has 1 heterocycles. The number of thioether (sulfide) groups is 1. The third-order valence-corrected chi connectivity index (χ3v) is 4.44. The molecule has 96 valence electrons. The standard InChI is InChI=1S/C11H12N2O3S2/c1-17-9-5-7(8-6-11(12)13-16-8)3-4-10(9)18(2,14)15/h3-6H,1-2H3,(H2,12,13). The largest absolute Gasteiger partial charge is 0.381 e. The average molecular weight is 284 g/mol. The lowest BCUT2D eigenvalue weighted by molar-refractivity contribution is 0.435. The van der Waals surface area contributed by atoms with Crippen molar-refractivity contribution in [3.63, 3.8) is 0 Å². The van der Waals surface area contributed by atoms with Gasteiger partial charge in [-0.3, -0.25) is 0 Å². The molecule has 0 atom stereocenters. The number of anilines is 1. The van der Waals surface area contributed by atoms with Crippen LogP contribution in [0.3, 0.4) is 0 Å². The second kappa shape index (κ2) is 4.66. The van der Waals surface area contributed by atoms with Gasteiger partial charge in [-0.05, 0) is 24.5 Å². The fourth-order valence-electron chi connectivity index (χ4n) is 1.55. The number of aromatic nitrogens is 1. The van der Waals surface area contributed by atoms with E-state index in [1.165, 1.54) is 18.0 Å². The Morgan fingerprint density at radius 1 is 1.33 bits per heavy atom. The van der Waals surface area contributed by atoms with Crippen LogP contribution < -0.4 is 5.73 Å². The Bertz CT molecular complexity index is 677. The van der Waals surface area contributed by atoms with Crippen LogP contribution in [-0.4, -0.2) is 26.1 Å². The highest BCUT2D eigenvalue weighted by atomic mass is 32.2. The van der Waals surface area contributed by atoms with E-state index in [1.807, 2.05) is 6.26 Å². The van der Waals surface area contributed by atoms with E-state index in [0.717, 1.165) is 5.56 Å². The summed E-state index contributed by atoms with van der Waals surface area (Å²) in [5, 5.41) is 3.60. The molecule has 5 nitrogen and oxygen atoms in total. The van der Waals surface area contributed by atoms with Crippen molar-refractivity contribution in [2.75, 3.05) is 18.2 Å². The minimum atomic E-state index is -3.23. The van der Waals surface area contributed by atoms with Gasteiger partial charge in [-0.15, -0.1) is 11.8 Å². The Kier molecular flexibility index (Phi) is 3.36. The third kappa shape index (κ3) is 2.51. The summed E-state index contributed by atoms with van der Waals surface area (Å²) in [6.07, 6.45) is 3.01. The fraction of sp³-hybridized carbons (Fsp3) is 0.182. The smallest absolute Gasteiger partial charge is 0.176 e. The molecule has 1 aromatic heterocycles. The molecule has 2 N–H and O–H groups in total. The van der Waals surface area contributed by atoms with Crippen LogP contribution >= 0.6 is 11.8 Å². The van der Waals surface area contributed by atoms with Crippen LogP contribution in [0.1, 0.15) is 0 Å². The molecule has 2 aromatic rings. The van der Waals surface area contributed by atoms with E-state index < -0.39 is 9.84 Å². The van der Waals surface area contributed by atoms with Gasteiger partial charge in [0.15, 0.2) is 21.4 Å². The van der Waals surface area contributed by atoms with E-state index in [-0.39, 0.29) is 0 Å². The first-order valence-corrected chi connectivity index (χ1v) is 8.14. The molecule has 0 aliphatic heterocycles. The quantitative estimate of drug-likeness (QED) is 0.868. The molecule has 2 rings (SSSR count). The Labute approximate surface area is 109 Å². The summed E-state index contributed by atoms with van der Waals surface area (Å²) in [5.74, 6) is 0.811. The first-order chi connectivity index (χ1) is 8.41. The van der Waals surface area contributed by atoms with Gasteiger partial charge in [0.05, 0.1) is 4.90 Å². The monoisotopic (exact) mass is 284 g/mol. The van der Waals surface area contributed by atoms with Crippen LogP contribution in [0.25, 0.3) is 11.3 Å². The van der Waals surface area contributed by atoms with Gasteiger partial charge in [-0.1, -0.05) is 5.16 Å². The molecule has 0 spiro atoms. The van der Waals surface area contributed by atoms with Gasteiger partial charge in [-0.25, -0.2) is 8.42 Å². The van der Waals surface area contributed by atoms with E-state index in [0.29, 0.717) is 21.4 Å². The van der Waals surface area contributed by atoms with Crippen LogP contribution in [0.2, 0.25) is 0 Å². The predicted octanol–water partition coefficient (Wildman–Crippen LogP) is 2.05. The molecule has 0 saturated carbocycles. The SMILES string of the molecule is CSc1cc(-c2cc(N)no2)ccc1S(C)(=O)=O. The first-order valence-electron chi connectivity index (χ1n) is 5.02. The number of hydrogen-bond donors (Lipinski definition) is 1. The van der Waals surface area contributed by atoms with Gasteiger partial charge in [0, 0.05) is 22.8 Å². The zero-order valence-electron chi connectivity index (χ0n) is 9.88. The topological polar surface area (TPSA) is 86.2 Å². The van der Waals surface area contributed by atoms with E-state index in [2.05, 4.69) is 5.16 Å². The summed E-state index contributed by atoms with van der Waals surface area (Å²) in [6, 6.07) is 6.59. The van der Waals surface area contributed by atoms with Crippen molar-refractivity contribution in [1.29, 1.82) is 0 Å². The number of hydrogen-bond acceptors (Lipinski definition) is 6. The fourth-order valence-corrected chi connectivity index (χ4v) is 3.51. The van der Waals surface area contributed by atoms with Crippen molar-refractivity contribution in [1.82, 2.24) is 5.16 Å². The minimum absolute atomic E-state index is 0.294. The second-order valence-corrected chi connectivity index (χ2v) is 6.59. The lowest BCUT2D eigenvalue weighted by atomic mass is 10.2. The van der Waals surface area contributed by atoms with E-state index >= 15 is 0 Å². The zero-order chi connectivity index (χ0) is 13.3. The van der Waals surface area contributed by atoms with Gasteiger partial charge >= 0.3 is 0 Å². The number of nitrogens with two attached hydrogens (primary N) is 1.